The van der Waals surface area contributed by atoms with Crippen molar-refractivity contribution in [3.05, 3.63) is 58.3 Å². The highest BCUT2D eigenvalue weighted by Crippen LogP contribution is 2.12. The van der Waals surface area contributed by atoms with Crippen LogP contribution in [0.2, 0.25) is 0 Å². The summed E-state index contributed by atoms with van der Waals surface area (Å²) < 4.78 is 4.94. The molecule has 0 bridgehead atoms. The minimum Gasteiger partial charge on any atom is -0.454 e. The predicted octanol–water partition coefficient (Wildman–Crippen LogP) is 3.78. The third-order valence-electron chi connectivity index (χ3n) is 3.30. The first-order valence-electron chi connectivity index (χ1n) is 7.77. The van der Waals surface area contributed by atoms with Crippen molar-refractivity contribution < 1.29 is 19.1 Å². The summed E-state index contributed by atoms with van der Waals surface area (Å²) in [7, 11) is 0. The second-order valence-corrected chi connectivity index (χ2v) is 6.42. The smallest absolute Gasteiger partial charge is 0.331 e. The van der Waals surface area contributed by atoms with E-state index < -0.39 is 5.97 Å². The molecule has 0 saturated carbocycles. The molecule has 1 aromatic heterocycles. The van der Waals surface area contributed by atoms with Crippen LogP contribution in [0.15, 0.2) is 47.2 Å². The van der Waals surface area contributed by atoms with Crippen molar-refractivity contribution in [3.63, 3.8) is 0 Å². The van der Waals surface area contributed by atoms with Crippen molar-refractivity contribution in [2.75, 3.05) is 11.9 Å². The molecule has 0 saturated heterocycles. The molecule has 5 nitrogen and oxygen atoms in total. The number of hydrogen-bond acceptors (Lipinski definition) is 5. The van der Waals surface area contributed by atoms with Crippen LogP contribution in [-0.2, 0) is 14.3 Å². The Morgan fingerprint density at radius 2 is 1.88 bits per heavy atom. The molecule has 0 unspecified atom stereocenters. The third kappa shape index (κ3) is 6.00. The number of benzene rings is 1. The molecule has 0 aliphatic rings. The average molecular weight is 357 g/mol. The minimum atomic E-state index is -0.569. The van der Waals surface area contributed by atoms with Gasteiger partial charge in [0.1, 0.15) is 0 Å². The molecule has 6 heteroatoms. The number of amides is 1. The highest BCUT2D eigenvalue weighted by Gasteiger charge is 2.10. The van der Waals surface area contributed by atoms with E-state index >= 15 is 0 Å². The van der Waals surface area contributed by atoms with Gasteiger partial charge in [0.25, 0.3) is 0 Å². The van der Waals surface area contributed by atoms with Gasteiger partial charge in [0.15, 0.2) is 12.4 Å². The van der Waals surface area contributed by atoms with Gasteiger partial charge in [-0.25, -0.2) is 4.79 Å². The van der Waals surface area contributed by atoms with E-state index in [1.807, 2.05) is 16.8 Å². The second-order valence-electron chi connectivity index (χ2n) is 5.64. The van der Waals surface area contributed by atoms with Crippen LogP contribution in [-0.4, -0.2) is 24.3 Å². The van der Waals surface area contributed by atoms with Crippen LogP contribution < -0.4 is 5.32 Å². The first-order chi connectivity index (χ1) is 12.0. The van der Waals surface area contributed by atoms with E-state index in [1.54, 1.807) is 44.2 Å². The maximum absolute atomic E-state index is 12.0. The Balaban J connectivity index is 1.84. The third-order valence-corrected chi connectivity index (χ3v) is 4.00. The number of ether oxygens (including phenoxy) is 1. The lowest BCUT2D eigenvalue weighted by molar-refractivity contribution is -0.136. The lowest BCUT2D eigenvalue weighted by Gasteiger charge is -2.08. The quantitative estimate of drug-likeness (QED) is 0.465. The molecule has 0 aliphatic heterocycles. The lowest BCUT2D eigenvalue weighted by atomic mass is 10.1. The Morgan fingerprint density at radius 3 is 2.48 bits per heavy atom. The van der Waals surface area contributed by atoms with Crippen molar-refractivity contribution in [2.24, 2.45) is 5.92 Å². The molecular formula is C19H19NO4S. The summed E-state index contributed by atoms with van der Waals surface area (Å²) in [5.41, 5.74) is 1.94. The molecule has 0 radical (unpaired) electrons. The number of rotatable bonds is 7. The molecule has 1 heterocycles. The average Bonchev–Trinajstić information content (AvgIpc) is 3.12. The van der Waals surface area contributed by atoms with Crippen LogP contribution in [0, 0.1) is 5.92 Å². The summed E-state index contributed by atoms with van der Waals surface area (Å²) in [4.78, 5) is 35.3. The van der Waals surface area contributed by atoms with E-state index in [2.05, 4.69) is 5.32 Å². The molecule has 0 atom stereocenters. The molecule has 2 rings (SSSR count). The van der Waals surface area contributed by atoms with Gasteiger partial charge >= 0.3 is 5.97 Å². The van der Waals surface area contributed by atoms with Crippen molar-refractivity contribution in [2.45, 2.75) is 13.8 Å². The van der Waals surface area contributed by atoms with Gasteiger partial charge in [0, 0.05) is 23.2 Å². The number of hydrogen-bond donors (Lipinski definition) is 1. The van der Waals surface area contributed by atoms with Gasteiger partial charge in [0.05, 0.1) is 0 Å². The Labute approximate surface area is 150 Å². The van der Waals surface area contributed by atoms with Gasteiger partial charge in [0.2, 0.25) is 5.91 Å². The predicted molar refractivity (Wildman–Crippen MR) is 98.6 cm³/mol. The summed E-state index contributed by atoms with van der Waals surface area (Å²) in [6, 6.07) is 8.34. The Kier molecular flexibility index (Phi) is 6.65. The first-order valence-corrected chi connectivity index (χ1v) is 8.71. The Hall–Kier alpha value is -2.73. The summed E-state index contributed by atoms with van der Waals surface area (Å²) in [5, 5.41) is 6.55. The fraction of sp³-hybridized carbons (Fsp3) is 0.211. The number of carbonyl (C=O) groups is 3. The molecular weight excluding hydrogens is 338 g/mol. The second kappa shape index (κ2) is 8.94. The van der Waals surface area contributed by atoms with Crippen molar-refractivity contribution in [3.8, 4) is 0 Å². The van der Waals surface area contributed by atoms with Gasteiger partial charge in [-0.15, -0.1) is 0 Å². The summed E-state index contributed by atoms with van der Waals surface area (Å²) >= 11 is 1.53. The number of carbonyl (C=O) groups excluding carboxylic acids is 3. The maximum Gasteiger partial charge on any atom is 0.331 e. The van der Waals surface area contributed by atoms with Crippen LogP contribution >= 0.6 is 11.3 Å². The number of ketones is 1. The van der Waals surface area contributed by atoms with E-state index in [9.17, 15) is 14.4 Å². The lowest BCUT2D eigenvalue weighted by Crippen LogP contribution is -2.18. The molecule has 0 aliphatic carbocycles. The van der Waals surface area contributed by atoms with Crippen molar-refractivity contribution in [1.29, 1.82) is 0 Å². The molecule has 0 fully saturated rings. The highest BCUT2D eigenvalue weighted by atomic mass is 32.1. The summed E-state index contributed by atoms with van der Waals surface area (Å²) in [6.45, 7) is 3.27. The van der Waals surface area contributed by atoms with Crippen LogP contribution in [0.5, 0.6) is 0 Å². The number of nitrogens with one attached hydrogen (secondary N) is 1. The van der Waals surface area contributed by atoms with E-state index in [0.717, 1.165) is 5.56 Å². The molecule has 1 amide bonds. The monoisotopic (exact) mass is 357 g/mol. The van der Waals surface area contributed by atoms with E-state index in [-0.39, 0.29) is 24.2 Å². The van der Waals surface area contributed by atoms with Gasteiger partial charge in [-0.1, -0.05) is 13.8 Å². The number of esters is 1. The zero-order valence-corrected chi connectivity index (χ0v) is 14.8. The van der Waals surface area contributed by atoms with Crippen LogP contribution in [0.1, 0.15) is 29.8 Å². The van der Waals surface area contributed by atoms with Gasteiger partial charge < -0.3 is 10.1 Å². The number of anilines is 1. The molecule has 0 spiro atoms. The van der Waals surface area contributed by atoms with Crippen LogP contribution in [0.4, 0.5) is 5.69 Å². The normalized spacial score (nSPS) is 10.8. The number of Topliss-reactive ketones (excluding diaryl/α,β-unsaturated/α-hetero) is 1. The molecule has 130 valence electrons. The Bertz CT molecular complexity index is 761. The largest absolute Gasteiger partial charge is 0.454 e. The maximum atomic E-state index is 12.0. The van der Waals surface area contributed by atoms with E-state index in [0.29, 0.717) is 11.3 Å². The van der Waals surface area contributed by atoms with Gasteiger partial charge in [-0.3, -0.25) is 9.59 Å². The number of thiophene rings is 1. The van der Waals surface area contributed by atoms with E-state index in [1.165, 1.54) is 17.4 Å². The standard InChI is InChI=1S/C19H19NO4S/c1-13(2)19(23)20-16-6-4-15(5-7-16)17(21)11-24-18(22)8-3-14-9-10-25-12-14/h3-10,12-13H,11H2,1-2H3,(H,20,23)/b8-3+. The van der Waals surface area contributed by atoms with Gasteiger partial charge in [-0.2, -0.15) is 11.3 Å². The first kappa shape index (κ1) is 18.6. The minimum absolute atomic E-state index is 0.0922. The van der Waals surface area contributed by atoms with Crippen molar-refractivity contribution in [1.82, 2.24) is 0 Å². The summed E-state index contributed by atoms with van der Waals surface area (Å²) in [5.74, 6) is -1.09. The van der Waals surface area contributed by atoms with Crippen molar-refractivity contribution >= 4 is 40.8 Å². The van der Waals surface area contributed by atoms with Crippen LogP contribution in [0.3, 0.4) is 0 Å². The highest BCUT2D eigenvalue weighted by molar-refractivity contribution is 7.08. The fourth-order valence-electron chi connectivity index (χ4n) is 1.83. The molecule has 25 heavy (non-hydrogen) atoms. The SMILES string of the molecule is CC(C)C(=O)Nc1ccc(C(=O)COC(=O)/C=C/c2ccsc2)cc1. The molecule has 1 aromatic carbocycles. The zero-order chi connectivity index (χ0) is 18.2. The van der Waals surface area contributed by atoms with E-state index in [4.69, 9.17) is 4.74 Å². The topological polar surface area (TPSA) is 72.5 Å². The fourth-order valence-corrected chi connectivity index (χ4v) is 2.46. The molecule has 1 N–H and O–H groups in total. The summed E-state index contributed by atoms with van der Waals surface area (Å²) in [6.07, 6.45) is 2.93. The zero-order valence-electron chi connectivity index (χ0n) is 14.0. The Morgan fingerprint density at radius 1 is 1.16 bits per heavy atom. The van der Waals surface area contributed by atoms with Gasteiger partial charge in [-0.05, 0) is 52.7 Å². The van der Waals surface area contributed by atoms with Crippen LogP contribution in [0.25, 0.3) is 6.08 Å². The molecule has 2 aromatic rings.